The third-order valence-corrected chi connectivity index (χ3v) is 4.02. The van der Waals surface area contributed by atoms with Gasteiger partial charge in [-0.3, -0.25) is 5.73 Å². The first kappa shape index (κ1) is 9.19. The minimum Gasteiger partial charge on any atom is -0.316 e. The summed E-state index contributed by atoms with van der Waals surface area (Å²) in [7, 11) is 0. The van der Waals surface area contributed by atoms with Crippen LogP contribution in [0.3, 0.4) is 0 Å². The van der Waals surface area contributed by atoms with Crippen LogP contribution in [-0.4, -0.2) is 5.84 Å². The molecule has 2 aliphatic rings. The minimum absolute atomic E-state index is 0.0624. The van der Waals surface area contributed by atoms with Gasteiger partial charge in [0, 0.05) is 5.39 Å². The summed E-state index contributed by atoms with van der Waals surface area (Å²) in [5.74, 6) is 0.758. The van der Waals surface area contributed by atoms with Gasteiger partial charge in [-0.25, -0.2) is 4.99 Å². The van der Waals surface area contributed by atoms with Crippen LogP contribution in [0, 0.1) is 0 Å². The summed E-state index contributed by atoms with van der Waals surface area (Å²) < 4.78 is 0. The lowest BCUT2D eigenvalue weighted by atomic mass is 9.92. The topological polar surface area (TPSA) is 67.6 Å². The van der Waals surface area contributed by atoms with Crippen LogP contribution in [0.2, 0.25) is 0 Å². The number of nitrogens with two attached hydrogens (primary N) is 1. The summed E-state index contributed by atoms with van der Waals surface area (Å²) in [6.45, 7) is 0. The molecule has 0 radical (unpaired) electrons. The molecule has 1 aliphatic carbocycles. The van der Waals surface area contributed by atoms with Crippen molar-refractivity contribution in [3.05, 3.63) is 46.5 Å². The summed E-state index contributed by atoms with van der Waals surface area (Å²) in [6.07, 6.45) is 2.38. The van der Waals surface area contributed by atoms with Gasteiger partial charge in [-0.05, 0) is 41.5 Å². The Kier molecular flexibility index (Phi) is 1.55. The Balaban J connectivity index is 2.26. The molecule has 0 saturated carbocycles. The summed E-state index contributed by atoms with van der Waals surface area (Å²) in [6, 6.07) is 8.81. The molecular formula is C14H15N3+2. The SMILES string of the molecule is NC1=[NH+][C@H]([NH3+])c2ccc3c4c(ccc1c24)CC3. The monoisotopic (exact) mass is 225 g/mol. The van der Waals surface area contributed by atoms with Gasteiger partial charge < -0.3 is 5.73 Å². The van der Waals surface area contributed by atoms with Gasteiger partial charge in [0.25, 0.3) is 5.84 Å². The van der Waals surface area contributed by atoms with Crippen molar-refractivity contribution in [1.82, 2.24) is 0 Å². The lowest BCUT2D eigenvalue weighted by molar-refractivity contribution is -0.711. The fourth-order valence-electron chi connectivity index (χ4n) is 3.21. The Morgan fingerprint density at radius 3 is 2.53 bits per heavy atom. The van der Waals surface area contributed by atoms with Crippen molar-refractivity contribution in [2.75, 3.05) is 0 Å². The lowest BCUT2D eigenvalue weighted by Crippen LogP contribution is -2.90. The summed E-state index contributed by atoms with van der Waals surface area (Å²) in [4.78, 5) is 3.24. The van der Waals surface area contributed by atoms with Gasteiger partial charge in [-0.15, -0.1) is 0 Å². The van der Waals surface area contributed by atoms with Gasteiger partial charge >= 0.3 is 0 Å². The van der Waals surface area contributed by atoms with Crippen molar-refractivity contribution in [3.8, 4) is 0 Å². The van der Waals surface area contributed by atoms with E-state index in [2.05, 4.69) is 35.0 Å². The maximum Gasteiger partial charge on any atom is 0.278 e. The van der Waals surface area contributed by atoms with E-state index >= 15 is 0 Å². The molecule has 0 amide bonds. The number of nitrogen functional groups attached to an aromatic ring is 1. The molecule has 3 heteroatoms. The molecule has 84 valence electrons. The Labute approximate surface area is 99.1 Å². The first-order valence-corrected chi connectivity index (χ1v) is 6.05. The maximum absolute atomic E-state index is 6.08. The van der Waals surface area contributed by atoms with E-state index < -0.39 is 0 Å². The Morgan fingerprint density at radius 2 is 1.76 bits per heavy atom. The number of amidine groups is 1. The van der Waals surface area contributed by atoms with E-state index in [-0.39, 0.29) is 6.17 Å². The van der Waals surface area contributed by atoms with Crippen LogP contribution in [0.4, 0.5) is 0 Å². The number of benzene rings is 2. The number of rotatable bonds is 0. The average Bonchev–Trinajstić information content (AvgIpc) is 2.74. The van der Waals surface area contributed by atoms with Crippen LogP contribution >= 0.6 is 0 Å². The molecule has 0 unspecified atom stereocenters. The van der Waals surface area contributed by atoms with Crippen LogP contribution in [0.1, 0.15) is 28.4 Å². The highest BCUT2D eigenvalue weighted by atomic mass is 15.0. The number of hydrogen-bond donors (Lipinski definition) is 3. The third-order valence-electron chi connectivity index (χ3n) is 4.02. The highest BCUT2D eigenvalue weighted by molar-refractivity contribution is 6.10. The molecule has 2 aromatic carbocycles. The molecule has 0 bridgehead atoms. The van der Waals surface area contributed by atoms with Crippen LogP contribution in [0.15, 0.2) is 24.3 Å². The van der Waals surface area contributed by atoms with E-state index in [1.54, 1.807) is 0 Å². The molecule has 2 aromatic rings. The van der Waals surface area contributed by atoms with Crippen molar-refractivity contribution in [2.45, 2.75) is 19.0 Å². The van der Waals surface area contributed by atoms with Gasteiger partial charge in [-0.2, -0.15) is 0 Å². The molecule has 6 N–H and O–H groups in total. The lowest BCUT2D eigenvalue weighted by Gasteiger charge is -2.16. The first-order valence-electron chi connectivity index (χ1n) is 6.05. The number of nitrogens with one attached hydrogen (secondary N) is 1. The zero-order chi connectivity index (χ0) is 11.6. The summed E-state index contributed by atoms with van der Waals surface area (Å²) in [5.41, 5.74) is 15.6. The van der Waals surface area contributed by atoms with E-state index in [4.69, 9.17) is 5.73 Å². The quantitative estimate of drug-likeness (QED) is 0.528. The average molecular weight is 225 g/mol. The fraction of sp³-hybridized carbons (Fsp3) is 0.214. The van der Waals surface area contributed by atoms with Gasteiger partial charge in [-0.1, -0.05) is 12.1 Å². The normalized spacial score (nSPS) is 20.8. The van der Waals surface area contributed by atoms with Gasteiger partial charge in [0.15, 0.2) is 0 Å². The maximum atomic E-state index is 6.08. The Hall–Kier alpha value is -1.87. The van der Waals surface area contributed by atoms with Gasteiger partial charge in [0.1, 0.15) is 0 Å². The fourth-order valence-corrected chi connectivity index (χ4v) is 3.21. The molecule has 0 aromatic heterocycles. The van der Waals surface area contributed by atoms with Crippen molar-refractivity contribution >= 4 is 16.6 Å². The van der Waals surface area contributed by atoms with Gasteiger partial charge in [0.05, 0.1) is 11.1 Å². The standard InChI is InChI=1S/C14H13N3/c15-13-9-5-3-7-1-2-8-4-6-10(14(16)17-13)12(9)11(7)8/h3-6,13H,1-2,15H2,(H2,16,17)/p+2/t13-/m0/s1. The van der Waals surface area contributed by atoms with Crippen molar-refractivity contribution < 1.29 is 10.7 Å². The van der Waals surface area contributed by atoms with Crippen LogP contribution in [0.25, 0.3) is 10.8 Å². The highest BCUT2D eigenvalue weighted by Gasteiger charge is 2.29. The molecule has 17 heavy (non-hydrogen) atoms. The molecule has 1 atom stereocenters. The number of quaternary nitrogens is 1. The minimum atomic E-state index is 0.0624. The van der Waals surface area contributed by atoms with Crippen LogP contribution in [0.5, 0.6) is 0 Å². The zero-order valence-electron chi connectivity index (χ0n) is 9.59. The second kappa shape index (κ2) is 2.87. The zero-order valence-corrected chi connectivity index (χ0v) is 9.59. The molecule has 3 nitrogen and oxygen atoms in total. The van der Waals surface area contributed by atoms with E-state index in [1.807, 2.05) is 0 Å². The smallest absolute Gasteiger partial charge is 0.278 e. The van der Waals surface area contributed by atoms with Gasteiger partial charge in [0.2, 0.25) is 6.17 Å². The molecular weight excluding hydrogens is 210 g/mol. The summed E-state index contributed by atoms with van der Waals surface area (Å²) >= 11 is 0. The van der Waals surface area contributed by atoms with Crippen LogP contribution < -0.4 is 16.5 Å². The van der Waals surface area contributed by atoms with Crippen molar-refractivity contribution in [3.63, 3.8) is 0 Å². The highest BCUT2D eigenvalue weighted by Crippen LogP contribution is 2.36. The molecule has 4 rings (SSSR count). The number of aryl methyl sites for hydroxylation is 2. The largest absolute Gasteiger partial charge is 0.316 e. The van der Waals surface area contributed by atoms with E-state index in [0.29, 0.717) is 0 Å². The second-order valence-electron chi connectivity index (χ2n) is 4.95. The number of hydrogen-bond acceptors (Lipinski definition) is 1. The molecule has 0 saturated heterocycles. The van der Waals surface area contributed by atoms with Crippen molar-refractivity contribution in [2.24, 2.45) is 5.73 Å². The van der Waals surface area contributed by atoms with E-state index in [9.17, 15) is 0 Å². The summed E-state index contributed by atoms with van der Waals surface area (Å²) in [5, 5.41) is 2.76. The molecule has 1 heterocycles. The Morgan fingerprint density at radius 1 is 1.06 bits per heavy atom. The predicted octanol–water partition coefficient (Wildman–Crippen LogP) is -1.02. The molecule has 0 spiro atoms. The van der Waals surface area contributed by atoms with E-state index in [1.165, 1.54) is 27.5 Å². The first-order chi connectivity index (χ1) is 8.25. The molecule has 0 fully saturated rings. The third kappa shape index (κ3) is 1.02. The Bertz CT molecular complexity index is 675. The van der Waals surface area contributed by atoms with Crippen LogP contribution in [-0.2, 0) is 12.8 Å². The predicted molar refractivity (Wildman–Crippen MR) is 66.2 cm³/mol. The molecule has 1 aliphatic heterocycles. The second-order valence-corrected chi connectivity index (χ2v) is 4.95. The van der Waals surface area contributed by atoms with E-state index in [0.717, 1.165) is 24.2 Å². The van der Waals surface area contributed by atoms with Crippen molar-refractivity contribution in [1.29, 1.82) is 0 Å².